The van der Waals surface area contributed by atoms with Crippen LogP contribution in [0.4, 0.5) is 0 Å². The predicted molar refractivity (Wildman–Crippen MR) is 77.9 cm³/mol. The first-order valence-corrected chi connectivity index (χ1v) is 7.90. The van der Waals surface area contributed by atoms with Crippen LogP contribution in [-0.4, -0.2) is 43.7 Å². The largest absolute Gasteiger partial charge is 0.461 e. The Balaban J connectivity index is 1.97. The third-order valence-corrected chi connectivity index (χ3v) is 4.19. The van der Waals surface area contributed by atoms with E-state index in [0.717, 1.165) is 0 Å². The minimum absolute atomic E-state index is 0.0154. The predicted octanol–water partition coefficient (Wildman–Crippen LogP) is 1.91. The van der Waals surface area contributed by atoms with Gasteiger partial charge < -0.3 is 18.9 Å². The zero-order valence-corrected chi connectivity index (χ0v) is 14.0. The molecule has 2 rings (SSSR count). The average molecular weight is 314 g/mol. The average Bonchev–Trinajstić information content (AvgIpc) is 2.65. The third-order valence-electron chi connectivity index (χ3n) is 4.19. The van der Waals surface area contributed by atoms with Crippen LogP contribution < -0.4 is 0 Å². The van der Waals surface area contributed by atoms with Crippen molar-refractivity contribution < 1.29 is 28.5 Å². The minimum atomic E-state index is -0.867. The molecule has 0 aromatic rings. The first-order chi connectivity index (χ1) is 10.2. The SMILES string of the molecule is CCOC1(OCC)C[C@@H]2[C@@H](COC(=O)C(C)(C)C)OC(=O)[C@@H]21. The molecule has 2 aliphatic rings. The molecule has 6 nitrogen and oxygen atoms in total. The molecule has 6 heteroatoms. The van der Waals surface area contributed by atoms with Gasteiger partial charge in [-0.1, -0.05) is 0 Å². The molecule has 1 saturated carbocycles. The second kappa shape index (κ2) is 6.16. The van der Waals surface area contributed by atoms with Gasteiger partial charge in [0.15, 0.2) is 5.79 Å². The van der Waals surface area contributed by atoms with Gasteiger partial charge in [-0.3, -0.25) is 9.59 Å². The van der Waals surface area contributed by atoms with E-state index in [9.17, 15) is 9.59 Å². The lowest BCUT2D eigenvalue weighted by molar-refractivity contribution is -0.316. The van der Waals surface area contributed by atoms with Crippen molar-refractivity contribution in [2.24, 2.45) is 17.3 Å². The number of rotatable bonds is 6. The molecule has 1 heterocycles. The molecule has 2 fully saturated rings. The summed E-state index contributed by atoms with van der Waals surface area (Å²) >= 11 is 0. The highest BCUT2D eigenvalue weighted by Gasteiger charge is 2.67. The first kappa shape index (κ1) is 17.2. The number of carbonyl (C=O) groups is 2. The van der Waals surface area contributed by atoms with Crippen LogP contribution in [0.25, 0.3) is 0 Å². The molecule has 0 amide bonds. The monoisotopic (exact) mass is 314 g/mol. The Morgan fingerprint density at radius 2 is 1.86 bits per heavy atom. The number of hydrogen-bond acceptors (Lipinski definition) is 6. The second-order valence-corrected chi connectivity index (χ2v) is 6.85. The molecule has 22 heavy (non-hydrogen) atoms. The Bertz CT molecular complexity index is 432. The van der Waals surface area contributed by atoms with Crippen LogP contribution in [0.5, 0.6) is 0 Å². The summed E-state index contributed by atoms with van der Waals surface area (Å²) in [5.74, 6) is -1.93. The molecule has 0 radical (unpaired) electrons. The normalized spacial score (nSPS) is 29.5. The van der Waals surface area contributed by atoms with Crippen LogP contribution in [0.1, 0.15) is 41.0 Å². The lowest BCUT2D eigenvalue weighted by Crippen LogP contribution is -2.59. The van der Waals surface area contributed by atoms with E-state index in [-0.39, 0.29) is 24.5 Å². The Labute approximate surface area is 131 Å². The van der Waals surface area contributed by atoms with E-state index in [1.807, 2.05) is 13.8 Å². The van der Waals surface area contributed by atoms with Crippen LogP contribution in [-0.2, 0) is 28.5 Å². The van der Waals surface area contributed by atoms with Gasteiger partial charge in [0, 0.05) is 25.6 Å². The molecule has 0 aromatic heterocycles. The van der Waals surface area contributed by atoms with E-state index in [4.69, 9.17) is 18.9 Å². The topological polar surface area (TPSA) is 71.1 Å². The van der Waals surface area contributed by atoms with Crippen molar-refractivity contribution in [3.8, 4) is 0 Å². The van der Waals surface area contributed by atoms with Gasteiger partial charge in [-0.2, -0.15) is 0 Å². The highest BCUT2D eigenvalue weighted by atomic mass is 16.7. The molecule has 3 atom stereocenters. The number of hydrogen-bond donors (Lipinski definition) is 0. The molecule has 1 saturated heterocycles. The van der Waals surface area contributed by atoms with Gasteiger partial charge in [-0.25, -0.2) is 0 Å². The van der Waals surface area contributed by atoms with Crippen LogP contribution in [0.15, 0.2) is 0 Å². The number of cyclic esters (lactones) is 1. The molecule has 1 aliphatic heterocycles. The van der Waals surface area contributed by atoms with Crippen molar-refractivity contribution in [1.29, 1.82) is 0 Å². The highest BCUT2D eigenvalue weighted by Crippen LogP contribution is 2.54. The third kappa shape index (κ3) is 2.99. The van der Waals surface area contributed by atoms with Gasteiger partial charge in [-0.05, 0) is 34.6 Å². The van der Waals surface area contributed by atoms with Crippen molar-refractivity contribution >= 4 is 11.9 Å². The number of esters is 2. The van der Waals surface area contributed by atoms with Crippen molar-refractivity contribution in [1.82, 2.24) is 0 Å². The quantitative estimate of drug-likeness (QED) is 0.551. The van der Waals surface area contributed by atoms with Gasteiger partial charge in [0.2, 0.25) is 0 Å². The van der Waals surface area contributed by atoms with E-state index >= 15 is 0 Å². The van der Waals surface area contributed by atoms with Gasteiger partial charge in [0.1, 0.15) is 18.6 Å². The van der Waals surface area contributed by atoms with Crippen molar-refractivity contribution in [2.75, 3.05) is 19.8 Å². The number of fused-ring (bicyclic) bond motifs is 1. The van der Waals surface area contributed by atoms with Crippen LogP contribution >= 0.6 is 0 Å². The maximum Gasteiger partial charge on any atom is 0.315 e. The summed E-state index contributed by atoms with van der Waals surface area (Å²) in [6.07, 6.45) is 0.181. The second-order valence-electron chi connectivity index (χ2n) is 6.85. The molecular weight excluding hydrogens is 288 g/mol. The summed E-state index contributed by atoms with van der Waals surface area (Å²) in [5.41, 5.74) is -0.567. The van der Waals surface area contributed by atoms with E-state index in [2.05, 4.69) is 0 Å². The van der Waals surface area contributed by atoms with Gasteiger partial charge >= 0.3 is 11.9 Å². The Hall–Kier alpha value is -1.14. The van der Waals surface area contributed by atoms with Crippen molar-refractivity contribution in [3.63, 3.8) is 0 Å². The lowest BCUT2D eigenvalue weighted by Gasteiger charge is -2.48. The zero-order chi connectivity index (χ0) is 16.5. The Kier molecular flexibility index (Phi) is 4.82. The Morgan fingerprint density at radius 3 is 2.36 bits per heavy atom. The van der Waals surface area contributed by atoms with E-state index in [1.165, 1.54) is 0 Å². The maximum atomic E-state index is 12.1. The lowest BCUT2D eigenvalue weighted by atomic mass is 9.67. The van der Waals surface area contributed by atoms with E-state index in [1.54, 1.807) is 20.8 Å². The van der Waals surface area contributed by atoms with Crippen LogP contribution in [0.2, 0.25) is 0 Å². The Morgan fingerprint density at radius 1 is 1.27 bits per heavy atom. The summed E-state index contributed by atoms with van der Waals surface area (Å²) < 4.78 is 22.0. The molecule has 1 aliphatic carbocycles. The standard InChI is InChI=1S/C16H26O6/c1-6-20-16(21-7-2)8-10-11(22-13(17)12(10)16)9-19-14(18)15(3,4)5/h10-12H,6-9H2,1-5H3/t10-,11-,12-/m1/s1. The summed E-state index contributed by atoms with van der Waals surface area (Å²) in [6.45, 7) is 10.2. The van der Waals surface area contributed by atoms with Gasteiger partial charge in [0.05, 0.1) is 5.41 Å². The summed E-state index contributed by atoms with van der Waals surface area (Å²) in [6, 6.07) is 0. The molecular formula is C16H26O6. The number of carbonyl (C=O) groups excluding carboxylic acids is 2. The minimum Gasteiger partial charge on any atom is -0.461 e. The van der Waals surface area contributed by atoms with Crippen molar-refractivity contribution in [2.45, 2.75) is 52.9 Å². The van der Waals surface area contributed by atoms with E-state index < -0.39 is 23.2 Å². The highest BCUT2D eigenvalue weighted by molar-refractivity contribution is 5.78. The van der Waals surface area contributed by atoms with E-state index in [0.29, 0.717) is 19.6 Å². The molecule has 0 aromatic carbocycles. The fourth-order valence-electron chi connectivity index (χ4n) is 3.11. The molecule has 0 N–H and O–H groups in total. The fraction of sp³-hybridized carbons (Fsp3) is 0.875. The van der Waals surface area contributed by atoms with Gasteiger partial charge in [-0.15, -0.1) is 0 Å². The molecule has 0 unspecified atom stereocenters. The zero-order valence-electron chi connectivity index (χ0n) is 14.0. The smallest absolute Gasteiger partial charge is 0.315 e. The number of ether oxygens (including phenoxy) is 4. The van der Waals surface area contributed by atoms with Gasteiger partial charge in [0.25, 0.3) is 0 Å². The summed E-state index contributed by atoms with van der Waals surface area (Å²) in [4.78, 5) is 24.0. The van der Waals surface area contributed by atoms with Crippen molar-refractivity contribution in [3.05, 3.63) is 0 Å². The van der Waals surface area contributed by atoms with Crippen LogP contribution in [0, 0.1) is 17.3 Å². The molecule has 0 spiro atoms. The molecule has 126 valence electrons. The molecule has 0 bridgehead atoms. The van der Waals surface area contributed by atoms with Crippen LogP contribution in [0.3, 0.4) is 0 Å². The summed E-state index contributed by atoms with van der Waals surface area (Å²) in [5, 5.41) is 0. The first-order valence-electron chi connectivity index (χ1n) is 7.90. The summed E-state index contributed by atoms with van der Waals surface area (Å²) in [7, 11) is 0. The fourth-order valence-corrected chi connectivity index (χ4v) is 3.11. The maximum absolute atomic E-state index is 12.1.